The number of amides is 2. The van der Waals surface area contributed by atoms with E-state index in [9.17, 15) is 4.79 Å². The first-order chi connectivity index (χ1) is 14.6. The summed E-state index contributed by atoms with van der Waals surface area (Å²) in [7, 11) is 0. The number of ether oxygens (including phenoxy) is 1. The van der Waals surface area contributed by atoms with E-state index in [4.69, 9.17) is 14.9 Å². The van der Waals surface area contributed by atoms with Crippen LogP contribution < -0.4 is 10.5 Å². The Labute approximate surface area is 175 Å². The molecule has 2 saturated heterocycles. The minimum Gasteiger partial charge on any atom is -0.458 e. The summed E-state index contributed by atoms with van der Waals surface area (Å²) in [6, 6.07) is 7.83. The number of hydrogen-bond donors (Lipinski definition) is 1. The molecule has 4 aromatic heterocycles. The number of pyridine rings is 2. The lowest BCUT2D eigenvalue weighted by atomic mass is 10.2. The topological polar surface area (TPSA) is 111 Å². The molecule has 4 aromatic rings. The number of rotatable bonds is 4. The summed E-state index contributed by atoms with van der Waals surface area (Å²) in [6.07, 6.45) is 4.35. The molecule has 2 aliphatic rings. The van der Waals surface area contributed by atoms with E-state index in [1.807, 2.05) is 24.3 Å². The number of nitrogens with two attached hydrogens (primary N) is 1. The zero-order valence-electron chi connectivity index (χ0n) is 15.9. The highest BCUT2D eigenvalue weighted by atomic mass is 32.1. The molecule has 0 aliphatic carbocycles. The molecule has 0 saturated carbocycles. The van der Waals surface area contributed by atoms with Crippen LogP contribution in [0.15, 0.2) is 41.1 Å². The van der Waals surface area contributed by atoms with Gasteiger partial charge < -0.3 is 19.8 Å². The van der Waals surface area contributed by atoms with E-state index >= 15 is 0 Å². The first-order valence-electron chi connectivity index (χ1n) is 9.70. The Kier molecular flexibility index (Phi) is 3.90. The van der Waals surface area contributed by atoms with Crippen LogP contribution in [0.1, 0.15) is 12.2 Å². The van der Waals surface area contributed by atoms with Gasteiger partial charge in [0.15, 0.2) is 17.0 Å². The number of fused-ring (bicyclic) bond motifs is 4. The van der Waals surface area contributed by atoms with Crippen LogP contribution in [0.2, 0.25) is 0 Å². The van der Waals surface area contributed by atoms with Crippen molar-refractivity contribution in [2.45, 2.75) is 25.0 Å². The second-order valence-corrected chi connectivity index (χ2v) is 8.63. The number of carbonyl (C=O) groups is 1. The molecule has 10 heteroatoms. The van der Waals surface area contributed by atoms with Crippen molar-refractivity contribution in [2.75, 3.05) is 13.1 Å². The van der Waals surface area contributed by atoms with Gasteiger partial charge >= 0.3 is 6.03 Å². The van der Waals surface area contributed by atoms with Crippen molar-refractivity contribution in [3.8, 4) is 10.9 Å². The third-order valence-corrected chi connectivity index (χ3v) is 6.63. The molecule has 2 amide bonds. The molecular weight excluding hydrogens is 404 g/mol. The zero-order valence-corrected chi connectivity index (χ0v) is 16.7. The van der Waals surface area contributed by atoms with Gasteiger partial charge in [-0.3, -0.25) is 4.90 Å². The summed E-state index contributed by atoms with van der Waals surface area (Å²) in [5.41, 5.74) is 7.57. The van der Waals surface area contributed by atoms with Crippen molar-refractivity contribution in [3.63, 3.8) is 0 Å². The maximum absolute atomic E-state index is 11.5. The first kappa shape index (κ1) is 17.6. The second kappa shape index (κ2) is 6.64. The van der Waals surface area contributed by atoms with Gasteiger partial charge in [0, 0.05) is 43.5 Å². The van der Waals surface area contributed by atoms with Gasteiger partial charge in [-0.15, -0.1) is 0 Å². The number of likely N-dealkylation sites (tertiary alicyclic amines) is 2. The van der Waals surface area contributed by atoms with Gasteiger partial charge in [-0.05, 0) is 18.6 Å². The van der Waals surface area contributed by atoms with Gasteiger partial charge in [-0.2, -0.15) is 4.98 Å². The van der Waals surface area contributed by atoms with Crippen LogP contribution in [-0.2, 0) is 6.54 Å². The molecule has 2 atom stereocenters. The highest BCUT2D eigenvalue weighted by molar-refractivity contribution is 7.20. The lowest BCUT2D eigenvalue weighted by Gasteiger charge is -2.32. The van der Waals surface area contributed by atoms with Crippen LogP contribution >= 0.6 is 11.3 Å². The predicted molar refractivity (Wildman–Crippen MR) is 110 cm³/mol. The summed E-state index contributed by atoms with van der Waals surface area (Å²) in [4.78, 5) is 28.7. The quantitative estimate of drug-likeness (QED) is 0.538. The number of furan rings is 1. The molecule has 0 radical (unpaired) electrons. The van der Waals surface area contributed by atoms with Gasteiger partial charge in [0.05, 0.1) is 17.4 Å². The SMILES string of the molecule is NC(=O)N1CC2CC1CN2Cc1cc2ncc(Oc3nc4ncccc4s3)cc2o1. The Morgan fingerprint density at radius 1 is 1.30 bits per heavy atom. The van der Waals surface area contributed by atoms with Crippen molar-refractivity contribution in [1.29, 1.82) is 0 Å². The lowest BCUT2D eigenvalue weighted by molar-refractivity contribution is 0.132. The number of aromatic nitrogens is 3. The van der Waals surface area contributed by atoms with Crippen LogP contribution in [0.4, 0.5) is 4.79 Å². The van der Waals surface area contributed by atoms with E-state index in [-0.39, 0.29) is 12.1 Å². The van der Waals surface area contributed by atoms with Gasteiger partial charge in [0.2, 0.25) is 0 Å². The molecule has 6 rings (SSSR count). The Morgan fingerprint density at radius 3 is 3.03 bits per heavy atom. The number of carbonyl (C=O) groups excluding carboxylic acids is 1. The van der Waals surface area contributed by atoms with Gasteiger partial charge in [-0.1, -0.05) is 11.3 Å². The fraction of sp³-hybridized carbons (Fsp3) is 0.300. The van der Waals surface area contributed by atoms with Crippen molar-refractivity contribution in [2.24, 2.45) is 5.73 Å². The Morgan fingerprint density at radius 2 is 2.23 bits per heavy atom. The Bertz CT molecular complexity index is 1240. The van der Waals surface area contributed by atoms with Crippen LogP contribution in [0.5, 0.6) is 10.9 Å². The zero-order chi connectivity index (χ0) is 20.2. The highest BCUT2D eigenvalue weighted by Crippen LogP contribution is 2.34. The smallest absolute Gasteiger partial charge is 0.315 e. The monoisotopic (exact) mass is 422 g/mol. The van der Waals surface area contributed by atoms with E-state index in [1.165, 1.54) is 11.3 Å². The Balaban J connectivity index is 1.19. The highest BCUT2D eigenvalue weighted by Gasteiger charge is 2.44. The molecule has 30 heavy (non-hydrogen) atoms. The third-order valence-electron chi connectivity index (χ3n) is 5.74. The fourth-order valence-corrected chi connectivity index (χ4v) is 5.19. The minimum atomic E-state index is -0.327. The predicted octanol–water partition coefficient (Wildman–Crippen LogP) is 2.96. The standard InChI is InChI=1S/C20H18N6O3S/c21-19(27)26-9-11-4-12(26)8-25(11)10-14-5-15-16(28-14)6-13(7-23-15)29-20-24-18-17(30-20)2-1-3-22-18/h1-3,5-7,11-12H,4,8-10H2,(H2,21,27). The number of primary amides is 1. The third kappa shape index (κ3) is 2.96. The van der Waals surface area contributed by atoms with E-state index in [1.54, 1.807) is 17.3 Å². The van der Waals surface area contributed by atoms with Crippen molar-refractivity contribution in [1.82, 2.24) is 24.8 Å². The number of piperazine rings is 1. The molecule has 2 unspecified atom stereocenters. The van der Waals surface area contributed by atoms with Crippen molar-refractivity contribution in [3.05, 3.63) is 42.4 Å². The number of hydrogen-bond acceptors (Lipinski definition) is 8. The summed E-state index contributed by atoms with van der Waals surface area (Å²) in [6.45, 7) is 2.19. The summed E-state index contributed by atoms with van der Waals surface area (Å²) >= 11 is 1.44. The number of thiazole rings is 1. The lowest BCUT2D eigenvalue weighted by Crippen LogP contribution is -2.50. The average Bonchev–Trinajstić information content (AvgIpc) is 3.49. The molecule has 0 aromatic carbocycles. The summed E-state index contributed by atoms with van der Waals surface area (Å²) in [5.74, 6) is 1.41. The van der Waals surface area contributed by atoms with Crippen molar-refractivity contribution < 1.29 is 13.9 Å². The normalized spacial score (nSPS) is 21.1. The van der Waals surface area contributed by atoms with Crippen LogP contribution in [0.3, 0.4) is 0 Å². The fourth-order valence-electron chi connectivity index (χ4n) is 4.39. The van der Waals surface area contributed by atoms with E-state index in [0.29, 0.717) is 41.3 Å². The number of nitrogens with zero attached hydrogens (tertiary/aromatic N) is 5. The first-order valence-corrected chi connectivity index (χ1v) is 10.5. The van der Waals surface area contributed by atoms with Gasteiger partial charge in [0.1, 0.15) is 11.3 Å². The maximum Gasteiger partial charge on any atom is 0.315 e. The molecule has 6 heterocycles. The molecule has 0 spiro atoms. The second-order valence-electron chi connectivity index (χ2n) is 7.64. The molecule has 2 fully saturated rings. The summed E-state index contributed by atoms with van der Waals surface area (Å²) in [5, 5.41) is 0.517. The van der Waals surface area contributed by atoms with E-state index < -0.39 is 0 Å². The molecule has 2 aliphatic heterocycles. The van der Waals surface area contributed by atoms with Crippen molar-refractivity contribution >= 4 is 38.8 Å². The molecule has 152 valence electrons. The van der Waals surface area contributed by atoms with E-state index in [0.717, 1.165) is 28.9 Å². The molecule has 9 nitrogen and oxygen atoms in total. The van der Waals surface area contributed by atoms with E-state index in [2.05, 4.69) is 19.9 Å². The number of urea groups is 1. The maximum atomic E-state index is 11.5. The van der Waals surface area contributed by atoms with Crippen LogP contribution in [-0.4, -0.2) is 56.0 Å². The molecule has 2 N–H and O–H groups in total. The van der Waals surface area contributed by atoms with Crippen LogP contribution in [0.25, 0.3) is 21.4 Å². The minimum absolute atomic E-state index is 0.207. The van der Waals surface area contributed by atoms with Crippen LogP contribution in [0, 0.1) is 0 Å². The average molecular weight is 422 g/mol. The Hall–Kier alpha value is -3.24. The molecule has 2 bridgehead atoms. The van der Waals surface area contributed by atoms with Gasteiger partial charge in [0.25, 0.3) is 5.19 Å². The molecular formula is C20H18N6O3S. The largest absolute Gasteiger partial charge is 0.458 e. The van der Waals surface area contributed by atoms with Gasteiger partial charge in [-0.25, -0.2) is 14.8 Å². The summed E-state index contributed by atoms with van der Waals surface area (Å²) < 4.78 is 12.9.